The zero-order valence-corrected chi connectivity index (χ0v) is 13.8. The van der Waals surface area contributed by atoms with Crippen molar-refractivity contribution in [2.75, 3.05) is 18.4 Å². The fraction of sp³-hybridized carbons (Fsp3) is 0.167. The number of aromatic nitrogens is 3. The fourth-order valence-corrected chi connectivity index (χ4v) is 2.17. The van der Waals surface area contributed by atoms with E-state index in [1.807, 2.05) is 18.2 Å². The number of rotatable bonds is 7. The summed E-state index contributed by atoms with van der Waals surface area (Å²) >= 11 is 0. The van der Waals surface area contributed by atoms with Crippen LogP contribution in [0.4, 0.5) is 5.69 Å². The highest BCUT2D eigenvalue weighted by Crippen LogP contribution is 2.13. The Labute approximate surface area is 149 Å². The lowest BCUT2D eigenvalue weighted by molar-refractivity contribution is -0.119. The van der Waals surface area contributed by atoms with E-state index in [1.165, 1.54) is 0 Å². The smallest absolute Gasteiger partial charge is 0.276 e. The molecule has 2 heterocycles. The largest absolute Gasteiger partial charge is 0.376 e. The van der Waals surface area contributed by atoms with E-state index in [9.17, 15) is 4.79 Å². The fourth-order valence-electron chi connectivity index (χ4n) is 2.17. The topological polar surface area (TPSA) is 117 Å². The number of hydrogen-bond acceptors (Lipinski definition) is 7. The second kappa shape index (κ2) is 8.39. The summed E-state index contributed by atoms with van der Waals surface area (Å²) in [5, 5.41) is 18.4. The van der Waals surface area contributed by atoms with E-state index in [0.29, 0.717) is 35.9 Å². The van der Waals surface area contributed by atoms with E-state index in [-0.39, 0.29) is 12.5 Å². The van der Waals surface area contributed by atoms with Crippen molar-refractivity contribution in [1.29, 1.82) is 5.26 Å². The molecule has 0 radical (unpaired) electrons. The summed E-state index contributed by atoms with van der Waals surface area (Å²) in [5.74, 6) is 0.711. The van der Waals surface area contributed by atoms with Crippen LogP contribution in [-0.4, -0.2) is 34.1 Å². The van der Waals surface area contributed by atoms with E-state index in [2.05, 4.69) is 25.8 Å². The lowest BCUT2D eigenvalue weighted by atomic mass is 10.2. The minimum Gasteiger partial charge on any atom is -0.376 e. The predicted molar refractivity (Wildman–Crippen MR) is 93.9 cm³/mol. The Kier molecular flexibility index (Phi) is 5.52. The third-order valence-electron chi connectivity index (χ3n) is 3.49. The first kappa shape index (κ1) is 17.1. The highest BCUT2D eigenvalue weighted by Gasteiger charge is 2.09. The molecule has 3 aromatic rings. The third kappa shape index (κ3) is 4.64. The first-order chi connectivity index (χ1) is 12.7. The first-order valence-electron chi connectivity index (χ1n) is 7.99. The van der Waals surface area contributed by atoms with Gasteiger partial charge in [-0.25, -0.2) is 0 Å². The number of pyridine rings is 1. The molecule has 0 bridgehead atoms. The average molecular weight is 348 g/mol. The predicted octanol–water partition coefficient (Wildman–Crippen LogP) is 1.77. The van der Waals surface area contributed by atoms with Crippen LogP contribution in [0.3, 0.4) is 0 Å². The molecule has 1 aromatic carbocycles. The first-order valence-corrected chi connectivity index (χ1v) is 7.99. The van der Waals surface area contributed by atoms with Gasteiger partial charge < -0.3 is 15.2 Å². The molecule has 0 aliphatic carbocycles. The van der Waals surface area contributed by atoms with Crippen molar-refractivity contribution in [1.82, 2.24) is 20.4 Å². The van der Waals surface area contributed by atoms with E-state index >= 15 is 0 Å². The number of amides is 1. The molecular formula is C18H16N6O2. The van der Waals surface area contributed by atoms with E-state index in [4.69, 9.17) is 9.78 Å². The molecule has 0 unspecified atom stereocenters. The van der Waals surface area contributed by atoms with Gasteiger partial charge >= 0.3 is 0 Å². The van der Waals surface area contributed by atoms with Gasteiger partial charge in [-0.05, 0) is 36.4 Å². The molecule has 2 N–H and O–H groups in total. The lowest BCUT2D eigenvalue weighted by Gasteiger charge is -2.07. The molecule has 1 amide bonds. The Bertz CT molecular complexity index is 899. The highest BCUT2D eigenvalue weighted by molar-refractivity contribution is 5.80. The quantitative estimate of drug-likeness (QED) is 0.668. The van der Waals surface area contributed by atoms with Crippen molar-refractivity contribution < 1.29 is 9.32 Å². The van der Waals surface area contributed by atoms with Crippen molar-refractivity contribution in [3.8, 4) is 17.7 Å². The Morgan fingerprint density at radius 2 is 2.04 bits per heavy atom. The zero-order valence-electron chi connectivity index (χ0n) is 13.8. The van der Waals surface area contributed by atoms with Crippen LogP contribution in [0.5, 0.6) is 0 Å². The second-order valence-corrected chi connectivity index (χ2v) is 5.37. The summed E-state index contributed by atoms with van der Waals surface area (Å²) in [6.07, 6.45) is 2.11. The number of carbonyl (C=O) groups excluding carboxylic acids is 1. The summed E-state index contributed by atoms with van der Waals surface area (Å²) in [7, 11) is 0. The van der Waals surface area contributed by atoms with Gasteiger partial charge in [0.15, 0.2) is 5.82 Å². The van der Waals surface area contributed by atoms with Crippen LogP contribution in [0, 0.1) is 11.3 Å². The van der Waals surface area contributed by atoms with Crippen molar-refractivity contribution in [3.63, 3.8) is 0 Å². The van der Waals surface area contributed by atoms with E-state index < -0.39 is 0 Å². The molecule has 0 spiro atoms. The molecule has 130 valence electrons. The molecule has 3 rings (SSSR count). The van der Waals surface area contributed by atoms with Crippen LogP contribution in [-0.2, 0) is 11.2 Å². The van der Waals surface area contributed by atoms with Gasteiger partial charge in [0.05, 0.1) is 18.2 Å². The zero-order chi connectivity index (χ0) is 18.2. The maximum atomic E-state index is 11.9. The molecule has 0 aliphatic heterocycles. The molecule has 8 nitrogen and oxygen atoms in total. The Balaban J connectivity index is 1.41. The minimum absolute atomic E-state index is 0.136. The van der Waals surface area contributed by atoms with Gasteiger partial charge in [-0.3, -0.25) is 9.78 Å². The monoisotopic (exact) mass is 348 g/mol. The van der Waals surface area contributed by atoms with Gasteiger partial charge in [-0.1, -0.05) is 11.2 Å². The minimum atomic E-state index is -0.150. The van der Waals surface area contributed by atoms with E-state index in [1.54, 1.807) is 36.5 Å². The van der Waals surface area contributed by atoms with Crippen LogP contribution in [0.25, 0.3) is 11.6 Å². The van der Waals surface area contributed by atoms with Crippen molar-refractivity contribution in [3.05, 3.63) is 60.0 Å². The molecule has 0 saturated heterocycles. The highest BCUT2D eigenvalue weighted by atomic mass is 16.5. The molecule has 8 heteroatoms. The van der Waals surface area contributed by atoms with Crippen LogP contribution in [0.1, 0.15) is 11.4 Å². The van der Waals surface area contributed by atoms with Gasteiger partial charge in [0.2, 0.25) is 5.91 Å². The summed E-state index contributed by atoms with van der Waals surface area (Å²) < 4.78 is 5.16. The molecule has 0 atom stereocenters. The van der Waals surface area contributed by atoms with Gasteiger partial charge in [0.1, 0.15) is 5.69 Å². The molecule has 0 aliphatic rings. The van der Waals surface area contributed by atoms with Gasteiger partial charge in [-0.15, -0.1) is 0 Å². The molecule has 0 saturated carbocycles. The normalized spacial score (nSPS) is 10.1. The number of nitriles is 1. The third-order valence-corrected chi connectivity index (χ3v) is 3.49. The van der Waals surface area contributed by atoms with Crippen LogP contribution in [0.2, 0.25) is 0 Å². The van der Waals surface area contributed by atoms with E-state index in [0.717, 1.165) is 5.69 Å². The average Bonchev–Trinajstić information content (AvgIpc) is 3.16. The van der Waals surface area contributed by atoms with Crippen molar-refractivity contribution >= 4 is 11.6 Å². The van der Waals surface area contributed by atoms with Crippen LogP contribution < -0.4 is 10.6 Å². The SMILES string of the molecule is N#Cc1ccc(NCC(=O)NCCc2noc(-c3ccccn3)n2)cc1. The molecule has 26 heavy (non-hydrogen) atoms. The lowest BCUT2D eigenvalue weighted by Crippen LogP contribution is -2.31. The Morgan fingerprint density at radius 3 is 2.77 bits per heavy atom. The van der Waals surface area contributed by atoms with Crippen molar-refractivity contribution in [2.45, 2.75) is 6.42 Å². The summed E-state index contributed by atoms with van der Waals surface area (Å²) in [6.45, 7) is 0.534. The molecule has 2 aromatic heterocycles. The van der Waals surface area contributed by atoms with Gasteiger partial charge in [-0.2, -0.15) is 10.2 Å². The second-order valence-electron chi connectivity index (χ2n) is 5.37. The van der Waals surface area contributed by atoms with Gasteiger partial charge in [0.25, 0.3) is 5.89 Å². The number of nitrogens with zero attached hydrogens (tertiary/aromatic N) is 4. The number of hydrogen-bond donors (Lipinski definition) is 2. The van der Waals surface area contributed by atoms with Crippen LogP contribution >= 0.6 is 0 Å². The summed E-state index contributed by atoms with van der Waals surface area (Å²) in [5.41, 5.74) is 1.96. The van der Waals surface area contributed by atoms with Crippen LogP contribution in [0.15, 0.2) is 53.2 Å². The maximum Gasteiger partial charge on any atom is 0.276 e. The standard InChI is InChI=1S/C18H16N6O2/c19-11-13-4-6-14(7-5-13)22-12-17(25)21-10-8-16-23-18(26-24-16)15-3-1-2-9-20-15/h1-7,9,22H,8,10,12H2,(H,21,25). The number of nitrogens with one attached hydrogen (secondary N) is 2. The summed E-state index contributed by atoms with van der Waals surface area (Å²) in [4.78, 5) is 20.3. The number of anilines is 1. The molecular weight excluding hydrogens is 332 g/mol. The molecule has 0 fully saturated rings. The number of carbonyl (C=O) groups is 1. The summed E-state index contributed by atoms with van der Waals surface area (Å²) in [6, 6.07) is 14.4. The maximum absolute atomic E-state index is 11.9. The van der Waals surface area contributed by atoms with Crippen molar-refractivity contribution in [2.24, 2.45) is 0 Å². The number of benzene rings is 1. The Hall–Kier alpha value is -3.73. The van der Waals surface area contributed by atoms with Gasteiger partial charge in [0, 0.05) is 24.8 Å². The Morgan fingerprint density at radius 1 is 1.19 bits per heavy atom.